The lowest BCUT2D eigenvalue weighted by Crippen LogP contribution is -2.41. The van der Waals surface area contributed by atoms with Crippen LogP contribution in [0.5, 0.6) is 5.75 Å². The first-order valence-electron chi connectivity index (χ1n) is 9.45. The van der Waals surface area contributed by atoms with Crippen LogP contribution in [0.3, 0.4) is 0 Å². The van der Waals surface area contributed by atoms with E-state index < -0.39 is 6.36 Å². The lowest BCUT2D eigenvalue weighted by atomic mass is 10.1. The number of nitrogens with one attached hydrogen (secondary N) is 2. The molecule has 0 radical (unpaired) electrons. The van der Waals surface area contributed by atoms with Gasteiger partial charge in [-0.1, -0.05) is 18.2 Å². The van der Waals surface area contributed by atoms with Gasteiger partial charge < -0.3 is 24.5 Å². The smallest absolute Gasteiger partial charge is 0.469 e. The Balaban J connectivity index is 1.62. The first kappa shape index (κ1) is 21.0. The molecule has 2 aromatic rings. The Kier molecular flexibility index (Phi) is 7.40. The van der Waals surface area contributed by atoms with Gasteiger partial charge in [0.2, 0.25) is 0 Å². The molecule has 1 aliphatic heterocycles. The number of hydrogen-bond donors (Lipinski definition) is 2. The summed E-state index contributed by atoms with van der Waals surface area (Å²) in [5, 5.41) is 6.44. The fourth-order valence-corrected chi connectivity index (χ4v) is 2.94. The van der Waals surface area contributed by atoms with Crippen molar-refractivity contribution in [1.29, 1.82) is 0 Å². The molecule has 1 aromatic carbocycles. The van der Waals surface area contributed by atoms with Gasteiger partial charge in [-0.2, -0.15) is 0 Å². The van der Waals surface area contributed by atoms with Gasteiger partial charge in [-0.15, -0.1) is 13.2 Å². The Hall–Kier alpha value is -2.68. The standard InChI is InChI=1S/C20H24F3N3O3/c21-20(22,23)29-18-6-2-1-4-16(18)13-26-19(25-12-15-8-11-27-14-15)24-9-7-17-5-3-10-28-17/h1-6,10,15H,7-9,11-14H2,(H2,24,25,26). The van der Waals surface area contributed by atoms with Gasteiger partial charge in [-0.3, -0.25) is 0 Å². The number of benzene rings is 1. The van der Waals surface area contributed by atoms with Crippen LogP contribution in [-0.2, 0) is 17.7 Å². The zero-order valence-electron chi connectivity index (χ0n) is 15.9. The van der Waals surface area contributed by atoms with E-state index in [1.165, 1.54) is 12.1 Å². The van der Waals surface area contributed by atoms with Crippen molar-refractivity contribution in [2.75, 3.05) is 26.3 Å². The molecule has 1 fully saturated rings. The van der Waals surface area contributed by atoms with Crippen LogP contribution >= 0.6 is 0 Å². The summed E-state index contributed by atoms with van der Waals surface area (Å²) < 4.78 is 52.6. The normalized spacial score (nSPS) is 17.3. The number of rotatable bonds is 8. The average Bonchev–Trinajstić information content (AvgIpc) is 3.37. The number of guanidine groups is 1. The number of halogens is 3. The second-order valence-corrected chi connectivity index (χ2v) is 6.69. The Morgan fingerprint density at radius 1 is 1.17 bits per heavy atom. The van der Waals surface area contributed by atoms with E-state index in [4.69, 9.17) is 9.15 Å². The largest absolute Gasteiger partial charge is 0.573 e. The van der Waals surface area contributed by atoms with E-state index >= 15 is 0 Å². The SMILES string of the molecule is FC(F)(F)Oc1ccccc1CN=C(NCCc1ccco1)NCC1CCOC1. The number of furan rings is 1. The molecule has 0 spiro atoms. The Bertz CT molecular complexity index is 773. The third-order valence-corrected chi connectivity index (χ3v) is 4.43. The van der Waals surface area contributed by atoms with Crippen LogP contribution < -0.4 is 15.4 Å². The molecule has 1 aliphatic rings. The minimum atomic E-state index is -4.75. The van der Waals surface area contributed by atoms with Gasteiger partial charge in [0.25, 0.3) is 0 Å². The molecule has 9 heteroatoms. The van der Waals surface area contributed by atoms with Crippen LogP contribution in [-0.4, -0.2) is 38.6 Å². The van der Waals surface area contributed by atoms with E-state index in [0.717, 1.165) is 18.8 Å². The summed E-state index contributed by atoms with van der Waals surface area (Å²) in [4.78, 5) is 4.44. The van der Waals surface area contributed by atoms with Crippen LogP contribution in [0, 0.1) is 5.92 Å². The van der Waals surface area contributed by atoms with Crippen LogP contribution in [0.2, 0.25) is 0 Å². The van der Waals surface area contributed by atoms with Crippen molar-refractivity contribution in [2.24, 2.45) is 10.9 Å². The summed E-state index contributed by atoms with van der Waals surface area (Å²) in [5.74, 6) is 1.49. The van der Waals surface area contributed by atoms with E-state index in [0.29, 0.717) is 43.6 Å². The van der Waals surface area contributed by atoms with Gasteiger partial charge in [0.15, 0.2) is 5.96 Å². The fourth-order valence-electron chi connectivity index (χ4n) is 2.94. The van der Waals surface area contributed by atoms with Crippen LogP contribution in [0.4, 0.5) is 13.2 Å². The Morgan fingerprint density at radius 3 is 2.76 bits per heavy atom. The maximum absolute atomic E-state index is 12.6. The van der Waals surface area contributed by atoms with Gasteiger partial charge >= 0.3 is 6.36 Å². The number of nitrogens with zero attached hydrogens (tertiary/aromatic N) is 1. The molecule has 1 saturated heterocycles. The average molecular weight is 411 g/mol. The van der Waals surface area contributed by atoms with Gasteiger partial charge in [0.1, 0.15) is 11.5 Å². The topological polar surface area (TPSA) is 68.0 Å². The number of aliphatic imine (C=N–C) groups is 1. The lowest BCUT2D eigenvalue weighted by molar-refractivity contribution is -0.274. The van der Waals surface area contributed by atoms with Crippen molar-refractivity contribution in [1.82, 2.24) is 10.6 Å². The van der Waals surface area contributed by atoms with E-state index in [2.05, 4.69) is 20.4 Å². The summed E-state index contributed by atoms with van der Waals surface area (Å²) in [5.41, 5.74) is 0.348. The monoisotopic (exact) mass is 411 g/mol. The number of hydrogen-bond acceptors (Lipinski definition) is 4. The molecule has 3 rings (SSSR count). The molecule has 0 bridgehead atoms. The number of ether oxygens (including phenoxy) is 2. The summed E-state index contributed by atoms with van der Waals surface area (Å²) in [6, 6.07) is 9.70. The molecular formula is C20H24F3N3O3. The highest BCUT2D eigenvalue weighted by atomic mass is 19.4. The Labute approximate surface area is 167 Å². The molecule has 0 saturated carbocycles. The first-order valence-corrected chi connectivity index (χ1v) is 9.45. The molecule has 0 amide bonds. The maximum atomic E-state index is 12.6. The lowest BCUT2D eigenvalue weighted by Gasteiger charge is -2.16. The van der Waals surface area contributed by atoms with Gasteiger partial charge in [0.05, 0.1) is 19.4 Å². The highest BCUT2D eigenvalue weighted by Crippen LogP contribution is 2.26. The maximum Gasteiger partial charge on any atom is 0.573 e. The number of alkyl halides is 3. The molecule has 1 unspecified atom stereocenters. The van der Waals surface area contributed by atoms with Crippen molar-refractivity contribution in [3.8, 4) is 5.75 Å². The molecule has 2 N–H and O–H groups in total. The summed E-state index contributed by atoms with van der Waals surface area (Å²) in [6.07, 6.45) is -1.51. The van der Waals surface area contributed by atoms with Crippen molar-refractivity contribution in [2.45, 2.75) is 25.7 Å². The quantitative estimate of drug-likeness (QED) is 0.514. The second-order valence-electron chi connectivity index (χ2n) is 6.69. The van der Waals surface area contributed by atoms with Gasteiger partial charge in [-0.25, -0.2) is 4.99 Å². The molecule has 1 aromatic heterocycles. The molecule has 1 atom stereocenters. The number of para-hydroxylation sites is 1. The summed E-state index contributed by atoms with van der Waals surface area (Å²) >= 11 is 0. The Morgan fingerprint density at radius 2 is 2.03 bits per heavy atom. The first-order chi connectivity index (χ1) is 14.0. The van der Waals surface area contributed by atoms with Gasteiger partial charge in [-0.05, 0) is 24.6 Å². The van der Waals surface area contributed by atoms with E-state index in [1.807, 2.05) is 12.1 Å². The van der Waals surface area contributed by atoms with Crippen LogP contribution in [0.1, 0.15) is 17.7 Å². The van der Waals surface area contributed by atoms with E-state index in [1.54, 1.807) is 18.4 Å². The summed E-state index contributed by atoms with van der Waals surface area (Å²) in [7, 11) is 0. The van der Waals surface area contributed by atoms with Crippen molar-refractivity contribution in [3.63, 3.8) is 0 Å². The zero-order valence-corrected chi connectivity index (χ0v) is 15.9. The van der Waals surface area contributed by atoms with Crippen molar-refractivity contribution < 1.29 is 27.1 Å². The van der Waals surface area contributed by atoms with Crippen LogP contribution in [0.25, 0.3) is 0 Å². The minimum Gasteiger partial charge on any atom is -0.469 e. The van der Waals surface area contributed by atoms with Crippen molar-refractivity contribution >= 4 is 5.96 Å². The molecular weight excluding hydrogens is 387 g/mol. The second kappa shape index (κ2) is 10.2. The third kappa shape index (κ3) is 7.34. The molecule has 158 valence electrons. The predicted molar refractivity (Wildman–Crippen MR) is 102 cm³/mol. The highest BCUT2D eigenvalue weighted by molar-refractivity contribution is 5.79. The predicted octanol–water partition coefficient (Wildman–Crippen LogP) is 3.49. The van der Waals surface area contributed by atoms with Gasteiger partial charge in [0, 0.05) is 37.6 Å². The van der Waals surface area contributed by atoms with Crippen molar-refractivity contribution in [3.05, 3.63) is 54.0 Å². The molecule has 29 heavy (non-hydrogen) atoms. The van der Waals surface area contributed by atoms with E-state index in [9.17, 15) is 13.2 Å². The van der Waals surface area contributed by atoms with Crippen LogP contribution in [0.15, 0.2) is 52.1 Å². The molecule has 0 aliphatic carbocycles. The molecule has 2 heterocycles. The minimum absolute atomic E-state index is 0.0451. The highest BCUT2D eigenvalue weighted by Gasteiger charge is 2.31. The summed E-state index contributed by atoms with van der Waals surface area (Å²) in [6.45, 7) is 2.72. The molecule has 6 nitrogen and oxygen atoms in total. The zero-order chi connectivity index (χ0) is 20.5. The fraction of sp³-hybridized carbons (Fsp3) is 0.450. The third-order valence-electron chi connectivity index (χ3n) is 4.43. The van der Waals surface area contributed by atoms with E-state index in [-0.39, 0.29) is 12.3 Å².